The first-order chi connectivity index (χ1) is 7.59. The molecule has 0 aromatic rings. The molecule has 1 unspecified atom stereocenters. The molecule has 4 nitrogen and oxygen atoms in total. The molecule has 0 aliphatic carbocycles. The van der Waals surface area contributed by atoms with Crippen LogP contribution >= 0.6 is 0 Å². The number of aliphatic carboxylic acids is 2. The third kappa shape index (κ3) is 3.45. The molecule has 4 heteroatoms. The summed E-state index contributed by atoms with van der Waals surface area (Å²) in [5.74, 6) is -1.90. The standard InChI is InChI=1S/C13H24O4/c1-6-12(4,5)13(11(16)17,7-9(2)3)8-10(14)15/h9H,6-8H2,1-5H3,(H,14,15)(H,16,17). The quantitative estimate of drug-likeness (QED) is 0.722. The van der Waals surface area contributed by atoms with E-state index < -0.39 is 22.8 Å². The van der Waals surface area contributed by atoms with Crippen LogP contribution in [0, 0.1) is 16.7 Å². The highest BCUT2D eigenvalue weighted by molar-refractivity contribution is 5.82. The molecule has 100 valence electrons. The second-order valence-electron chi connectivity index (χ2n) is 5.79. The number of carboxylic acid groups (broad SMARTS) is 2. The van der Waals surface area contributed by atoms with Crippen LogP contribution in [0.2, 0.25) is 0 Å². The third-order valence-corrected chi connectivity index (χ3v) is 3.80. The predicted octanol–water partition coefficient (Wildman–Crippen LogP) is 3.01. The van der Waals surface area contributed by atoms with Crippen LogP contribution in [0.5, 0.6) is 0 Å². The average Bonchev–Trinajstić information content (AvgIpc) is 2.14. The van der Waals surface area contributed by atoms with Gasteiger partial charge in [-0.15, -0.1) is 0 Å². The summed E-state index contributed by atoms with van der Waals surface area (Å²) in [4.78, 5) is 22.6. The van der Waals surface area contributed by atoms with E-state index in [1.165, 1.54) is 0 Å². The summed E-state index contributed by atoms with van der Waals surface area (Å²) >= 11 is 0. The maximum absolute atomic E-state index is 11.6. The van der Waals surface area contributed by atoms with Gasteiger partial charge in [-0.1, -0.05) is 34.6 Å². The zero-order valence-electron chi connectivity index (χ0n) is 11.4. The van der Waals surface area contributed by atoms with E-state index in [1.54, 1.807) is 0 Å². The van der Waals surface area contributed by atoms with Crippen molar-refractivity contribution in [3.05, 3.63) is 0 Å². The molecule has 0 aliphatic rings. The second kappa shape index (κ2) is 5.52. The number of carbonyl (C=O) groups is 2. The summed E-state index contributed by atoms with van der Waals surface area (Å²) in [6.45, 7) is 9.43. The molecule has 0 spiro atoms. The molecule has 0 fully saturated rings. The molecular formula is C13H24O4. The van der Waals surface area contributed by atoms with Crippen molar-refractivity contribution in [3.63, 3.8) is 0 Å². The molecule has 0 aromatic carbocycles. The monoisotopic (exact) mass is 244 g/mol. The lowest BCUT2D eigenvalue weighted by atomic mass is 9.59. The Balaban J connectivity index is 5.55. The van der Waals surface area contributed by atoms with Crippen molar-refractivity contribution >= 4 is 11.9 Å². The minimum absolute atomic E-state index is 0.149. The van der Waals surface area contributed by atoms with Crippen LogP contribution in [0.15, 0.2) is 0 Å². The van der Waals surface area contributed by atoms with Crippen molar-refractivity contribution in [3.8, 4) is 0 Å². The maximum atomic E-state index is 11.6. The van der Waals surface area contributed by atoms with E-state index in [9.17, 15) is 14.7 Å². The molecule has 17 heavy (non-hydrogen) atoms. The molecule has 0 bridgehead atoms. The highest BCUT2D eigenvalue weighted by Crippen LogP contribution is 2.49. The fraction of sp³-hybridized carbons (Fsp3) is 0.846. The Labute approximate surface area is 103 Å². The lowest BCUT2D eigenvalue weighted by molar-refractivity contribution is -0.166. The van der Waals surface area contributed by atoms with Crippen LogP contribution in [0.25, 0.3) is 0 Å². The third-order valence-electron chi connectivity index (χ3n) is 3.80. The van der Waals surface area contributed by atoms with Crippen LogP contribution in [0.3, 0.4) is 0 Å². The first-order valence-corrected chi connectivity index (χ1v) is 6.04. The summed E-state index contributed by atoms with van der Waals surface area (Å²) in [6, 6.07) is 0. The summed E-state index contributed by atoms with van der Waals surface area (Å²) in [5, 5.41) is 18.5. The zero-order chi connectivity index (χ0) is 13.9. The van der Waals surface area contributed by atoms with Gasteiger partial charge in [0.1, 0.15) is 0 Å². The molecular weight excluding hydrogens is 220 g/mol. The smallest absolute Gasteiger partial charge is 0.310 e. The Hall–Kier alpha value is -1.06. The summed E-state index contributed by atoms with van der Waals surface area (Å²) in [5.41, 5.74) is -1.73. The number of hydrogen-bond donors (Lipinski definition) is 2. The second-order valence-corrected chi connectivity index (χ2v) is 5.79. The van der Waals surface area contributed by atoms with Gasteiger partial charge < -0.3 is 10.2 Å². The topological polar surface area (TPSA) is 74.6 Å². The molecule has 0 amide bonds. The van der Waals surface area contributed by atoms with Crippen LogP contribution in [-0.4, -0.2) is 22.2 Å². The van der Waals surface area contributed by atoms with Crippen molar-refractivity contribution in [1.29, 1.82) is 0 Å². The Bertz CT molecular complexity index is 294. The molecule has 0 saturated carbocycles. The van der Waals surface area contributed by atoms with Crippen molar-refractivity contribution in [1.82, 2.24) is 0 Å². The Morgan fingerprint density at radius 3 is 1.88 bits per heavy atom. The van der Waals surface area contributed by atoms with Gasteiger partial charge in [0.05, 0.1) is 11.8 Å². The van der Waals surface area contributed by atoms with Gasteiger partial charge in [-0.25, -0.2) is 0 Å². The minimum atomic E-state index is -1.19. The molecule has 0 aromatic heterocycles. The first-order valence-electron chi connectivity index (χ1n) is 6.04. The summed E-state index contributed by atoms with van der Waals surface area (Å²) in [7, 11) is 0. The predicted molar refractivity (Wildman–Crippen MR) is 65.8 cm³/mol. The molecule has 0 radical (unpaired) electrons. The fourth-order valence-electron chi connectivity index (χ4n) is 2.33. The van der Waals surface area contributed by atoms with Gasteiger partial charge in [-0.2, -0.15) is 0 Å². The summed E-state index contributed by atoms with van der Waals surface area (Å²) in [6.07, 6.45) is 0.704. The highest BCUT2D eigenvalue weighted by Gasteiger charge is 2.51. The normalized spacial score (nSPS) is 15.6. The molecule has 0 saturated heterocycles. The van der Waals surface area contributed by atoms with Gasteiger partial charge in [0.25, 0.3) is 0 Å². The lowest BCUT2D eigenvalue weighted by Gasteiger charge is -2.43. The molecule has 0 heterocycles. The van der Waals surface area contributed by atoms with Crippen LogP contribution in [0.1, 0.15) is 53.9 Å². The molecule has 2 N–H and O–H groups in total. The van der Waals surface area contributed by atoms with E-state index in [0.717, 1.165) is 0 Å². The minimum Gasteiger partial charge on any atom is -0.481 e. The largest absolute Gasteiger partial charge is 0.481 e. The van der Waals surface area contributed by atoms with E-state index in [4.69, 9.17) is 5.11 Å². The molecule has 0 rings (SSSR count). The number of carboxylic acids is 2. The molecule has 1 atom stereocenters. The highest BCUT2D eigenvalue weighted by atomic mass is 16.4. The van der Waals surface area contributed by atoms with Gasteiger partial charge in [-0.3, -0.25) is 9.59 Å². The van der Waals surface area contributed by atoms with Crippen molar-refractivity contribution < 1.29 is 19.8 Å². The SMILES string of the molecule is CCC(C)(C)C(CC(=O)O)(CC(C)C)C(=O)O. The van der Waals surface area contributed by atoms with Gasteiger partial charge in [0.2, 0.25) is 0 Å². The maximum Gasteiger partial charge on any atom is 0.310 e. The van der Waals surface area contributed by atoms with Crippen molar-refractivity contribution in [2.45, 2.75) is 53.9 Å². The fourth-order valence-corrected chi connectivity index (χ4v) is 2.33. The van der Waals surface area contributed by atoms with Crippen LogP contribution in [-0.2, 0) is 9.59 Å². The van der Waals surface area contributed by atoms with Gasteiger partial charge in [0, 0.05) is 0 Å². The first kappa shape index (κ1) is 15.9. The van der Waals surface area contributed by atoms with E-state index in [0.29, 0.717) is 12.8 Å². The summed E-state index contributed by atoms with van der Waals surface area (Å²) < 4.78 is 0. The van der Waals surface area contributed by atoms with Gasteiger partial charge in [0.15, 0.2) is 0 Å². The Kier molecular flexibility index (Phi) is 5.17. The lowest BCUT2D eigenvalue weighted by Crippen LogP contribution is -2.47. The van der Waals surface area contributed by atoms with E-state index in [2.05, 4.69) is 0 Å². The Morgan fingerprint density at radius 1 is 1.18 bits per heavy atom. The van der Waals surface area contributed by atoms with Crippen LogP contribution < -0.4 is 0 Å². The number of hydrogen-bond acceptors (Lipinski definition) is 2. The van der Waals surface area contributed by atoms with Crippen molar-refractivity contribution in [2.75, 3.05) is 0 Å². The van der Waals surface area contributed by atoms with Gasteiger partial charge in [-0.05, 0) is 24.2 Å². The Morgan fingerprint density at radius 2 is 1.65 bits per heavy atom. The average molecular weight is 244 g/mol. The number of rotatable bonds is 7. The van der Waals surface area contributed by atoms with E-state index >= 15 is 0 Å². The molecule has 0 aliphatic heterocycles. The zero-order valence-corrected chi connectivity index (χ0v) is 11.4. The van der Waals surface area contributed by atoms with Gasteiger partial charge >= 0.3 is 11.9 Å². The van der Waals surface area contributed by atoms with E-state index in [-0.39, 0.29) is 12.3 Å². The van der Waals surface area contributed by atoms with E-state index in [1.807, 2.05) is 34.6 Å². The van der Waals surface area contributed by atoms with Crippen molar-refractivity contribution in [2.24, 2.45) is 16.7 Å². The van der Waals surface area contributed by atoms with Crippen LogP contribution in [0.4, 0.5) is 0 Å².